The minimum atomic E-state index is 0.612. The average Bonchev–Trinajstić information content (AvgIpc) is 2.33. The van der Waals surface area contributed by atoms with Gasteiger partial charge in [-0.1, -0.05) is 66.7 Å². The van der Waals surface area contributed by atoms with Gasteiger partial charge in [0.15, 0.2) is 0 Å². The Kier molecular flexibility index (Phi) is 5.53. The molecule has 0 radical (unpaired) electrons. The van der Waals surface area contributed by atoms with E-state index in [9.17, 15) is 0 Å². The molecule has 2 aromatic carbocycles. The van der Waals surface area contributed by atoms with E-state index in [-0.39, 0.29) is 0 Å². The molecule has 1 heteroatoms. The van der Waals surface area contributed by atoms with Crippen LogP contribution < -0.4 is 0 Å². The quantitative estimate of drug-likeness (QED) is 0.614. The summed E-state index contributed by atoms with van der Waals surface area (Å²) in [5.41, 5.74) is 1.18. The zero-order chi connectivity index (χ0) is 10.1. The highest BCUT2D eigenvalue weighted by Crippen LogP contribution is 2.00. The van der Waals surface area contributed by atoms with Crippen LogP contribution in [0.25, 0.3) is 0 Å². The van der Waals surface area contributed by atoms with E-state index in [4.69, 9.17) is 11.6 Å². The standard InChI is InChI=1S/C7H7Cl.C6H6/c8-6-7-4-2-1-3-5-7;1-2-4-6-5-3-1/h1-5H,6H2;1-6H. The van der Waals surface area contributed by atoms with E-state index in [1.54, 1.807) is 0 Å². The molecular weight excluding hydrogens is 192 g/mol. The highest BCUT2D eigenvalue weighted by molar-refractivity contribution is 6.17. The van der Waals surface area contributed by atoms with Crippen LogP contribution in [0.2, 0.25) is 0 Å². The minimum absolute atomic E-state index is 0.612. The summed E-state index contributed by atoms with van der Waals surface area (Å²) in [5, 5.41) is 0. The predicted octanol–water partition coefficient (Wildman–Crippen LogP) is 4.11. The second kappa shape index (κ2) is 7.16. The van der Waals surface area contributed by atoms with E-state index in [1.807, 2.05) is 66.7 Å². The molecule has 0 spiro atoms. The number of alkyl halides is 1. The van der Waals surface area contributed by atoms with Crippen molar-refractivity contribution in [2.24, 2.45) is 0 Å². The van der Waals surface area contributed by atoms with E-state index in [0.717, 1.165) is 0 Å². The summed E-state index contributed by atoms with van der Waals surface area (Å²) in [6.07, 6.45) is 0. The molecule has 2 rings (SSSR count). The molecule has 0 nitrogen and oxygen atoms in total. The minimum Gasteiger partial charge on any atom is -0.122 e. The average molecular weight is 205 g/mol. The van der Waals surface area contributed by atoms with Gasteiger partial charge in [-0.3, -0.25) is 0 Å². The van der Waals surface area contributed by atoms with Gasteiger partial charge < -0.3 is 0 Å². The fraction of sp³-hybridized carbons (Fsp3) is 0.0769. The first kappa shape index (κ1) is 10.8. The third-order valence-electron chi connectivity index (χ3n) is 1.66. The molecular formula is C13H13Cl. The van der Waals surface area contributed by atoms with Gasteiger partial charge in [0.25, 0.3) is 0 Å². The summed E-state index contributed by atoms with van der Waals surface area (Å²) in [6.45, 7) is 0. The third-order valence-corrected chi connectivity index (χ3v) is 1.97. The van der Waals surface area contributed by atoms with Crippen LogP contribution in [0, 0.1) is 0 Å². The van der Waals surface area contributed by atoms with Crippen molar-refractivity contribution in [1.29, 1.82) is 0 Å². The van der Waals surface area contributed by atoms with Crippen molar-refractivity contribution in [3.05, 3.63) is 72.3 Å². The number of hydrogen-bond acceptors (Lipinski definition) is 0. The van der Waals surface area contributed by atoms with Gasteiger partial charge in [0, 0.05) is 5.88 Å². The van der Waals surface area contributed by atoms with Gasteiger partial charge in [-0.25, -0.2) is 0 Å². The van der Waals surface area contributed by atoms with Crippen LogP contribution in [0.5, 0.6) is 0 Å². The molecule has 2 aromatic rings. The van der Waals surface area contributed by atoms with E-state index in [2.05, 4.69) is 0 Å². The highest BCUT2D eigenvalue weighted by Gasteiger charge is 1.81. The summed E-state index contributed by atoms with van der Waals surface area (Å²) in [7, 11) is 0. The molecule has 0 bridgehead atoms. The summed E-state index contributed by atoms with van der Waals surface area (Å²) >= 11 is 5.53. The zero-order valence-corrected chi connectivity index (χ0v) is 8.69. The molecule has 0 aliphatic rings. The first-order valence-electron chi connectivity index (χ1n) is 4.53. The largest absolute Gasteiger partial charge is 0.122 e. The Morgan fingerprint density at radius 2 is 1.00 bits per heavy atom. The van der Waals surface area contributed by atoms with Crippen LogP contribution >= 0.6 is 11.6 Å². The molecule has 0 aliphatic heterocycles. The molecule has 0 aromatic heterocycles. The number of halogens is 1. The van der Waals surface area contributed by atoms with E-state index >= 15 is 0 Å². The smallest absolute Gasteiger partial charge is 0.0474 e. The second-order valence-corrected chi connectivity index (χ2v) is 3.04. The Labute approximate surface area is 90.2 Å². The van der Waals surface area contributed by atoms with Gasteiger partial charge in [-0.15, -0.1) is 11.6 Å². The van der Waals surface area contributed by atoms with E-state index in [1.165, 1.54) is 5.56 Å². The lowest BCUT2D eigenvalue weighted by Crippen LogP contribution is -1.71. The second-order valence-electron chi connectivity index (χ2n) is 2.77. The fourth-order valence-corrected chi connectivity index (χ4v) is 1.13. The lowest BCUT2D eigenvalue weighted by Gasteiger charge is -1.88. The van der Waals surface area contributed by atoms with Gasteiger partial charge in [-0.05, 0) is 5.56 Å². The van der Waals surface area contributed by atoms with Crippen molar-refractivity contribution in [1.82, 2.24) is 0 Å². The lowest BCUT2D eigenvalue weighted by atomic mass is 10.2. The maximum absolute atomic E-state index is 5.53. The Bertz CT molecular complexity index is 289. The first-order chi connectivity index (χ1) is 6.93. The lowest BCUT2D eigenvalue weighted by molar-refractivity contribution is 1.41. The summed E-state index contributed by atoms with van der Waals surface area (Å²) in [5.74, 6) is 0.612. The van der Waals surface area contributed by atoms with Crippen LogP contribution in [-0.4, -0.2) is 0 Å². The van der Waals surface area contributed by atoms with Crippen LogP contribution in [0.4, 0.5) is 0 Å². The van der Waals surface area contributed by atoms with Crippen LogP contribution in [0.15, 0.2) is 66.7 Å². The topological polar surface area (TPSA) is 0 Å². The van der Waals surface area contributed by atoms with Crippen molar-refractivity contribution in [3.8, 4) is 0 Å². The van der Waals surface area contributed by atoms with Gasteiger partial charge in [0.1, 0.15) is 0 Å². The first-order valence-corrected chi connectivity index (χ1v) is 5.07. The van der Waals surface area contributed by atoms with E-state index in [0.29, 0.717) is 5.88 Å². The summed E-state index contributed by atoms with van der Waals surface area (Å²) in [4.78, 5) is 0. The number of benzene rings is 2. The molecule has 0 unspecified atom stereocenters. The van der Waals surface area contributed by atoms with Crippen molar-refractivity contribution >= 4 is 11.6 Å². The normalized spacial score (nSPS) is 8.64. The Morgan fingerprint density at radius 3 is 1.29 bits per heavy atom. The molecule has 14 heavy (non-hydrogen) atoms. The highest BCUT2D eigenvalue weighted by atomic mass is 35.5. The SMILES string of the molecule is ClCc1ccccc1.c1ccccc1. The zero-order valence-electron chi connectivity index (χ0n) is 7.94. The van der Waals surface area contributed by atoms with Crippen LogP contribution in [-0.2, 0) is 5.88 Å². The predicted molar refractivity (Wildman–Crippen MR) is 62.4 cm³/mol. The van der Waals surface area contributed by atoms with Gasteiger partial charge >= 0.3 is 0 Å². The maximum Gasteiger partial charge on any atom is 0.0474 e. The molecule has 0 fully saturated rings. The molecule has 0 amide bonds. The van der Waals surface area contributed by atoms with E-state index < -0.39 is 0 Å². The summed E-state index contributed by atoms with van der Waals surface area (Å²) in [6, 6.07) is 22.0. The molecule has 0 aliphatic carbocycles. The molecule has 0 saturated heterocycles. The maximum atomic E-state index is 5.53. The Balaban J connectivity index is 0.000000146. The van der Waals surface area contributed by atoms with Gasteiger partial charge in [0.05, 0.1) is 0 Å². The monoisotopic (exact) mass is 204 g/mol. The fourth-order valence-electron chi connectivity index (χ4n) is 0.952. The number of hydrogen-bond donors (Lipinski definition) is 0. The number of rotatable bonds is 1. The van der Waals surface area contributed by atoms with Crippen molar-refractivity contribution in [2.45, 2.75) is 5.88 Å². The molecule has 0 saturated carbocycles. The molecule has 0 N–H and O–H groups in total. The molecule has 0 atom stereocenters. The van der Waals surface area contributed by atoms with Crippen molar-refractivity contribution < 1.29 is 0 Å². The third kappa shape index (κ3) is 4.68. The van der Waals surface area contributed by atoms with Gasteiger partial charge in [0.2, 0.25) is 0 Å². The Morgan fingerprint density at radius 1 is 0.643 bits per heavy atom. The van der Waals surface area contributed by atoms with Crippen LogP contribution in [0.1, 0.15) is 5.56 Å². The van der Waals surface area contributed by atoms with Crippen molar-refractivity contribution in [2.75, 3.05) is 0 Å². The van der Waals surface area contributed by atoms with Gasteiger partial charge in [-0.2, -0.15) is 0 Å². The summed E-state index contributed by atoms with van der Waals surface area (Å²) < 4.78 is 0. The Hall–Kier alpha value is -1.27. The molecule has 72 valence electrons. The molecule has 0 heterocycles. The van der Waals surface area contributed by atoms with Crippen LogP contribution in [0.3, 0.4) is 0 Å². The van der Waals surface area contributed by atoms with Crippen molar-refractivity contribution in [3.63, 3.8) is 0 Å².